The molecule has 0 amide bonds. The molecule has 0 unspecified atom stereocenters. The van der Waals surface area contributed by atoms with E-state index in [1.807, 2.05) is 0 Å². The van der Waals surface area contributed by atoms with Crippen molar-refractivity contribution in [1.82, 2.24) is 0 Å². The van der Waals surface area contributed by atoms with Crippen molar-refractivity contribution < 1.29 is 4.92 Å². The van der Waals surface area contributed by atoms with Crippen LogP contribution in [0.5, 0.6) is 0 Å². The fourth-order valence-corrected chi connectivity index (χ4v) is 1.49. The molecule has 0 spiro atoms. The lowest BCUT2D eigenvalue weighted by molar-refractivity contribution is -0.385. The zero-order valence-corrected chi connectivity index (χ0v) is 8.75. The molecule has 0 bridgehead atoms. The number of nitrogens with zero attached hydrogens (tertiary/aromatic N) is 1. The van der Waals surface area contributed by atoms with E-state index in [4.69, 9.17) is 11.6 Å². The van der Waals surface area contributed by atoms with Gasteiger partial charge in [0.1, 0.15) is 0 Å². The summed E-state index contributed by atoms with van der Waals surface area (Å²) in [5, 5.41) is 11.2. The van der Waals surface area contributed by atoms with Gasteiger partial charge in [-0.25, -0.2) is 0 Å². The van der Waals surface area contributed by atoms with Gasteiger partial charge in [-0.2, -0.15) is 0 Å². The maximum Gasteiger partial charge on any atom is 0.272 e. The molecule has 0 saturated heterocycles. The average molecular weight is 214 g/mol. The van der Waals surface area contributed by atoms with Crippen LogP contribution in [-0.4, -0.2) is 4.92 Å². The van der Waals surface area contributed by atoms with Gasteiger partial charge in [0.05, 0.1) is 4.92 Å². The normalized spacial score (nSPS) is 10.1. The van der Waals surface area contributed by atoms with Crippen molar-refractivity contribution in [3.63, 3.8) is 0 Å². The van der Waals surface area contributed by atoms with Gasteiger partial charge in [-0.1, -0.05) is 24.9 Å². The van der Waals surface area contributed by atoms with Crippen molar-refractivity contribution in [2.24, 2.45) is 0 Å². The molecule has 1 aromatic rings. The number of aryl methyl sites for hydroxylation is 1. The van der Waals surface area contributed by atoms with Crippen LogP contribution in [0.15, 0.2) is 18.2 Å². The monoisotopic (exact) mass is 213 g/mol. The van der Waals surface area contributed by atoms with Gasteiger partial charge >= 0.3 is 0 Å². The van der Waals surface area contributed by atoms with E-state index in [-0.39, 0.29) is 10.6 Å². The molecule has 0 saturated carbocycles. The van der Waals surface area contributed by atoms with Crippen LogP contribution < -0.4 is 0 Å². The highest BCUT2D eigenvalue weighted by molar-refractivity contribution is 6.30. The standard InChI is InChI=1S/C10H12ClNO2/c1-2-3-4-8-7-9(11)5-6-10(8)12(13)14/h5-7H,2-4H2,1H3. The summed E-state index contributed by atoms with van der Waals surface area (Å²) in [5.41, 5.74) is 0.896. The Labute approximate surface area is 87.8 Å². The van der Waals surface area contributed by atoms with Crippen molar-refractivity contribution >= 4 is 17.3 Å². The zero-order chi connectivity index (χ0) is 10.6. The molecule has 1 aromatic carbocycles. The quantitative estimate of drug-likeness (QED) is 0.567. The number of rotatable bonds is 4. The van der Waals surface area contributed by atoms with Crippen molar-refractivity contribution in [3.05, 3.63) is 38.9 Å². The van der Waals surface area contributed by atoms with Crippen LogP contribution in [0.1, 0.15) is 25.3 Å². The summed E-state index contributed by atoms with van der Waals surface area (Å²) in [6.45, 7) is 2.05. The Kier molecular flexibility index (Phi) is 3.89. The van der Waals surface area contributed by atoms with Crippen LogP contribution >= 0.6 is 11.6 Å². The predicted octanol–water partition coefficient (Wildman–Crippen LogP) is 3.59. The van der Waals surface area contributed by atoms with Crippen LogP contribution in [0.2, 0.25) is 5.02 Å². The minimum Gasteiger partial charge on any atom is -0.258 e. The van der Waals surface area contributed by atoms with Crippen LogP contribution in [0.25, 0.3) is 0 Å². The lowest BCUT2D eigenvalue weighted by atomic mass is 10.1. The molecule has 0 fully saturated rings. The Bertz CT molecular complexity index is 339. The highest BCUT2D eigenvalue weighted by Crippen LogP contribution is 2.24. The minimum atomic E-state index is -0.360. The van der Waals surface area contributed by atoms with Crippen LogP contribution in [-0.2, 0) is 6.42 Å². The summed E-state index contributed by atoms with van der Waals surface area (Å²) >= 11 is 5.78. The van der Waals surface area contributed by atoms with Crippen LogP contribution in [0, 0.1) is 10.1 Å². The second-order valence-corrected chi connectivity index (χ2v) is 3.57. The molecule has 3 nitrogen and oxygen atoms in total. The second kappa shape index (κ2) is 4.96. The molecule has 0 aliphatic heterocycles. The lowest BCUT2D eigenvalue weighted by Crippen LogP contribution is -1.95. The Morgan fingerprint density at radius 2 is 2.21 bits per heavy atom. The first-order chi connectivity index (χ1) is 6.65. The van der Waals surface area contributed by atoms with E-state index in [1.54, 1.807) is 12.1 Å². The number of unbranched alkanes of at least 4 members (excludes halogenated alkanes) is 1. The summed E-state index contributed by atoms with van der Waals surface area (Å²) in [6, 6.07) is 4.69. The van der Waals surface area contributed by atoms with Crippen molar-refractivity contribution in [2.75, 3.05) is 0 Å². The van der Waals surface area contributed by atoms with E-state index in [0.29, 0.717) is 11.4 Å². The zero-order valence-electron chi connectivity index (χ0n) is 8.00. The molecule has 14 heavy (non-hydrogen) atoms. The summed E-state index contributed by atoms with van der Waals surface area (Å²) in [4.78, 5) is 10.3. The smallest absolute Gasteiger partial charge is 0.258 e. The first-order valence-corrected chi connectivity index (χ1v) is 4.95. The predicted molar refractivity (Wildman–Crippen MR) is 56.7 cm³/mol. The number of hydrogen-bond acceptors (Lipinski definition) is 2. The third-order valence-electron chi connectivity index (χ3n) is 2.04. The van der Waals surface area contributed by atoms with Crippen molar-refractivity contribution in [3.8, 4) is 0 Å². The van der Waals surface area contributed by atoms with Crippen LogP contribution in [0.4, 0.5) is 5.69 Å². The molecular formula is C10H12ClNO2. The highest BCUT2D eigenvalue weighted by atomic mass is 35.5. The number of nitro groups is 1. The Hall–Kier alpha value is -1.09. The molecule has 0 heterocycles. The van der Waals surface area contributed by atoms with E-state index in [1.165, 1.54) is 6.07 Å². The first kappa shape index (κ1) is 11.0. The third-order valence-corrected chi connectivity index (χ3v) is 2.27. The van der Waals surface area contributed by atoms with E-state index in [0.717, 1.165) is 18.4 Å². The molecule has 0 aromatic heterocycles. The second-order valence-electron chi connectivity index (χ2n) is 3.13. The van der Waals surface area contributed by atoms with E-state index < -0.39 is 0 Å². The van der Waals surface area contributed by atoms with Gasteiger partial charge in [0.2, 0.25) is 0 Å². The van der Waals surface area contributed by atoms with Gasteiger partial charge in [-0.05, 0) is 25.0 Å². The van der Waals surface area contributed by atoms with Gasteiger partial charge in [0, 0.05) is 16.7 Å². The number of benzene rings is 1. The maximum absolute atomic E-state index is 10.7. The Morgan fingerprint density at radius 3 is 2.79 bits per heavy atom. The van der Waals surface area contributed by atoms with Gasteiger partial charge < -0.3 is 0 Å². The minimum absolute atomic E-state index is 0.169. The summed E-state index contributed by atoms with van der Waals surface area (Å²) < 4.78 is 0. The molecule has 76 valence electrons. The number of halogens is 1. The van der Waals surface area contributed by atoms with Gasteiger partial charge in [-0.3, -0.25) is 10.1 Å². The van der Waals surface area contributed by atoms with E-state index >= 15 is 0 Å². The highest BCUT2D eigenvalue weighted by Gasteiger charge is 2.12. The molecule has 4 heteroatoms. The molecule has 0 radical (unpaired) electrons. The summed E-state index contributed by atoms with van der Waals surface area (Å²) in [6.07, 6.45) is 2.68. The van der Waals surface area contributed by atoms with Crippen molar-refractivity contribution in [2.45, 2.75) is 26.2 Å². The van der Waals surface area contributed by atoms with Crippen LogP contribution in [0.3, 0.4) is 0 Å². The molecular weight excluding hydrogens is 202 g/mol. The molecule has 0 atom stereocenters. The molecule has 0 aliphatic carbocycles. The Balaban J connectivity index is 2.97. The fraction of sp³-hybridized carbons (Fsp3) is 0.400. The first-order valence-electron chi connectivity index (χ1n) is 4.58. The summed E-state index contributed by atoms with van der Waals surface area (Å²) in [7, 11) is 0. The maximum atomic E-state index is 10.7. The molecule has 0 N–H and O–H groups in total. The van der Waals surface area contributed by atoms with E-state index in [9.17, 15) is 10.1 Å². The summed E-state index contributed by atoms with van der Waals surface area (Å²) in [5.74, 6) is 0. The Morgan fingerprint density at radius 1 is 1.50 bits per heavy atom. The van der Waals surface area contributed by atoms with E-state index in [2.05, 4.69) is 6.92 Å². The average Bonchev–Trinajstić information content (AvgIpc) is 2.14. The SMILES string of the molecule is CCCCc1cc(Cl)ccc1[N+](=O)[O-]. The molecule has 1 rings (SSSR count). The van der Waals surface area contributed by atoms with Gasteiger partial charge in [0.15, 0.2) is 0 Å². The van der Waals surface area contributed by atoms with Gasteiger partial charge in [-0.15, -0.1) is 0 Å². The number of hydrogen-bond donors (Lipinski definition) is 0. The molecule has 0 aliphatic rings. The van der Waals surface area contributed by atoms with Gasteiger partial charge in [0.25, 0.3) is 5.69 Å². The largest absolute Gasteiger partial charge is 0.272 e. The third kappa shape index (κ3) is 2.70. The topological polar surface area (TPSA) is 43.1 Å². The van der Waals surface area contributed by atoms with Crippen molar-refractivity contribution in [1.29, 1.82) is 0 Å². The lowest BCUT2D eigenvalue weighted by Gasteiger charge is -2.02. The fourth-order valence-electron chi connectivity index (χ4n) is 1.30. The number of nitro benzene ring substituents is 1.